The molecule has 0 aromatic heterocycles. The van der Waals surface area contributed by atoms with Crippen LogP contribution < -0.4 is 20.7 Å². The number of amides is 3. The van der Waals surface area contributed by atoms with Gasteiger partial charge in [-0.25, -0.2) is 4.79 Å². The molecule has 0 bridgehead atoms. The van der Waals surface area contributed by atoms with Crippen molar-refractivity contribution in [2.75, 3.05) is 23.8 Å². The van der Waals surface area contributed by atoms with Gasteiger partial charge in [0.25, 0.3) is 5.91 Å². The van der Waals surface area contributed by atoms with E-state index in [4.69, 9.17) is 9.47 Å². The zero-order valence-corrected chi connectivity index (χ0v) is 18.3. The van der Waals surface area contributed by atoms with E-state index in [2.05, 4.69) is 16.0 Å². The zero-order chi connectivity index (χ0) is 22.9. The highest BCUT2D eigenvalue weighted by molar-refractivity contribution is 5.93. The number of alkyl carbamates (subject to hydrolysis) is 1. The summed E-state index contributed by atoms with van der Waals surface area (Å²) in [5.74, 6) is 0.0879. The van der Waals surface area contributed by atoms with Gasteiger partial charge < -0.3 is 25.4 Å². The predicted octanol–water partition coefficient (Wildman–Crippen LogP) is 3.87. The average Bonchev–Trinajstić information content (AvgIpc) is 2.67. The van der Waals surface area contributed by atoms with Crippen LogP contribution in [0.15, 0.2) is 48.5 Å². The quantitative estimate of drug-likeness (QED) is 0.593. The van der Waals surface area contributed by atoms with Crippen molar-refractivity contribution >= 4 is 29.3 Å². The first-order chi connectivity index (χ1) is 14.6. The maximum absolute atomic E-state index is 12.0. The van der Waals surface area contributed by atoms with Crippen molar-refractivity contribution in [2.45, 2.75) is 39.7 Å². The third kappa shape index (κ3) is 9.66. The molecule has 0 unspecified atom stereocenters. The Kier molecular flexibility index (Phi) is 8.43. The molecule has 3 N–H and O–H groups in total. The molecule has 0 fully saturated rings. The monoisotopic (exact) mass is 427 g/mol. The SMILES string of the molecule is Cc1ccc(OCC(=O)Nc2ccc(NC(=O)CCNC(=O)OC(C)(C)C)cc2)cc1. The molecular formula is C23H29N3O5. The first kappa shape index (κ1) is 23.7. The number of aryl methyl sites for hydroxylation is 1. The Labute approximate surface area is 182 Å². The summed E-state index contributed by atoms with van der Waals surface area (Å²) in [4.78, 5) is 35.6. The minimum Gasteiger partial charge on any atom is -0.484 e. The highest BCUT2D eigenvalue weighted by atomic mass is 16.6. The third-order valence-corrected chi connectivity index (χ3v) is 3.86. The Morgan fingerprint density at radius 1 is 0.839 bits per heavy atom. The Bertz CT molecular complexity index is 887. The molecule has 0 heterocycles. The molecule has 2 rings (SSSR count). The van der Waals surface area contributed by atoms with Crippen molar-refractivity contribution in [3.63, 3.8) is 0 Å². The van der Waals surface area contributed by atoms with Crippen LogP contribution >= 0.6 is 0 Å². The van der Waals surface area contributed by atoms with Crippen molar-refractivity contribution in [1.29, 1.82) is 0 Å². The average molecular weight is 428 g/mol. The Balaban J connectivity index is 1.70. The van der Waals surface area contributed by atoms with Crippen LogP contribution in [-0.2, 0) is 14.3 Å². The van der Waals surface area contributed by atoms with E-state index in [1.807, 2.05) is 31.2 Å². The van der Waals surface area contributed by atoms with E-state index in [9.17, 15) is 14.4 Å². The summed E-state index contributed by atoms with van der Waals surface area (Å²) in [5, 5.41) is 7.99. The molecular weight excluding hydrogens is 398 g/mol. The van der Waals surface area contributed by atoms with Crippen molar-refractivity contribution in [1.82, 2.24) is 5.32 Å². The number of rotatable bonds is 8. The number of carbonyl (C=O) groups excluding carboxylic acids is 3. The van der Waals surface area contributed by atoms with Crippen LogP contribution in [0.25, 0.3) is 0 Å². The third-order valence-electron chi connectivity index (χ3n) is 3.86. The zero-order valence-electron chi connectivity index (χ0n) is 18.3. The summed E-state index contributed by atoms with van der Waals surface area (Å²) in [5.41, 5.74) is 1.69. The summed E-state index contributed by atoms with van der Waals surface area (Å²) < 4.78 is 10.5. The standard InChI is InChI=1S/C23H29N3O5/c1-16-5-11-19(12-6-16)30-15-21(28)26-18-9-7-17(8-10-18)25-20(27)13-14-24-22(29)31-23(2,3)4/h5-12H,13-15H2,1-4H3,(H,24,29)(H,25,27)(H,26,28). The van der Waals surface area contributed by atoms with Crippen LogP contribution in [0.4, 0.5) is 16.2 Å². The first-order valence-corrected chi connectivity index (χ1v) is 9.97. The van der Waals surface area contributed by atoms with E-state index in [1.165, 1.54) is 0 Å². The largest absolute Gasteiger partial charge is 0.484 e. The summed E-state index contributed by atoms with van der Waals surface area (Å²) in [6.45, 7) is 7.33. The van der Waals surface area contributed by atoms with Crippen LogP contribution in [0.5, 0.6) is 5.75 Å². The van der Waals surface area contributed by atoms with Crippen molar-refractivity contribution in [2.24, 2.45) is 0 Å². The Hall–Kier alpha value is -3.55. The van der Waals surface area contributed by atoms with Gasteiger partial charge in [-0.05, 0) is 64.1 Å². The van der Waals surface area contributed by atoms with Crippen molar-refractivity contribution in [3.8, 4) is 5.75 Å². The molecule has 8 heteroatoms. The minimum atomic E-state index is -0.587. The lowest BCUT2D eigenvalue weighted by Crippen LogP contribution is -2.34. The van der Waals surface area contributed by atoms with E-state index in [0.717, 1.165) is 5.56 Å². The van der Waals surface area contributed by atoms with Gasteiger partial charge in [-0.3, -0.25) is 9.59 Å². The van der Waals surface area contributed by atoms with Crippen molar-refractivity contribution < 1.29 is 23.9 Å². The molecule has 2 aromatic rings. The number of ether oxygens (including phenoxy) is 2. The van der Waals surface area contributed by atoms with Crippen LogP contribution in [0.3, 0.4) is 0 Å². The molecule has 0 spiro atoms. The second-order valence-electron chi connectivity index (χ2n) is 7.95. The Morgan fingerprint density at radius 2 is 1.39 bits per heavy atom. The number of nitrogens with one attached hydrogen (secondary N) is 3. The van der Waals surface area contributed by atoms with Gasteiger partial charge in [0, 0.05) is 24.3 Å². The van der Waals surface area contributed by atoms with Crippen LogP contribution in [0.1, 0.15) is 32.8 Å². The van der Waals surface area contributed by atoms with Gasteiger partial charge in [0.2, 0.25) is 5.91 Å². The van der Waals surface area contributed by atoms with Gasteiger partial charge in [-0.1, -0.05) is 17.7 Å². The highest BCUT2D eigenvalue weighted by Crippen LogP contribution is 2.15. The molecule has 2 aromatic carbocycles. The van der Waals surface area contributed by atoms with E-state index >= 15 is 0 Å². The molecule has 3 amide bonds. The summed E-state index contributed by atoms with van der Waals surface area (Å²) in [6.07, 6.45) is -0.458. The van der Waals surface area contributed by atoms with Gasteiger partial charge in [0.05, 0.1) is 0 Å². The highest BCUT2D eigenvalue weighted by Gasteiger charge is 2.15. The predicted molar refractivity (Wildman–Crippen MR) is 119 cm³/mol. The maximum Gasteiger partial charge on any atom is 0.407 e. The van der Waals surface area contributed by atoms with E-state index in [0.29, 0.717) is 17.1 Å². The maximum atomic E-state index is 12.0. The molecule has 0 aliphatic rings. The summed E-state index contributed by atoms with van der Waals surface area (Å²) >= 11 is 0. The number of hydrogen-bond acceptors (Lipinski definition) is 5. The number of carbonyl (C=O) groups is 3. The van der Waals surface area contributed by atoms with Crippen molar-refractivity contribution in [3.05, 3.63) is 54.1 Å². The van der Waals surface area contributed by atoms with E-state index in [1.54, 1.807) is 45.0 Å². The molecule has 0 aliphatic heterocycles. The van der Waals surface area contributed by atoms with Gasteiger partial charge in [0.1, 0.15) is 11.4 Å². The Morgan fingerprint density at radius 3 is 1.94 bits per heavy atom. The number of hydrogen-bond donors (Lipinski definition) is 3. The van der Waals surface area contributed by atoms with Gasteiger partial charge in [0.15, 0.2) is 6.61 Å². The number of benzene rings is 2. The van der Waals surface area contributed by atoms with Crippen LogP contribution in [0.2, 0.25) is 0 Å². The fraction of sp³-hybridized carbons (Fsp3) is 0.348. The van der Waals surface area contributed by atoms with Gasteiger partial charge >= 0.3 is 6.09 Å². The molecule has 0 radical (unpaired) electrons. The summed E-state index contributed by atoms with van der Waals surface area (Å²) in [6, 6.07) is 14.1. The number of anilines is 2. The van der Waals surface area contributed by atoms with E-state index in [-0.39, 0.29) is 31.4 Å². The molecule has 31 heavy (non-hydrogen) atoms. The van der Waals surface area contributed by atoms with Crippen LogP contribution in [-0.4, -0.2) is 36.7 Å². The van der Waals surface area contributed by atoms with Gasteiger partial charge in [-0.15, -0.1) is 0 Å². The fourth-order valence-corrected chi connectivity index (χ4v) is 2.43. The summed E-state index contributed by atoms with van der Waals surface area (Å²) in [7, 11) is 0. The smallest absolute Gasteiger partial charge is 0.407 e. The van der Waals surface area contributed by atoms with E-state index < -0.39 is 11.7 Å². The van der Waals surface area contributed by atoms with Gasteiger partial charge in [-0.2, -0.15) is 0 Å². The normalized spacial score (nSPS) is 10.7. The lowest BCUT2D eigenvalue weighted by atomic mass is 10.2. The molecule has 0 saturated carbocycles. The molecule has 8 nitrogen and oxygen atoms in total. The second kappa shape index (κ2) is 11.0. The lowest BCUT2D eigenvalue weighted by molar-refractivity contribution is -0.118. The molecule has 0 atom stereocenters. The molecule has 166 valence electrons. The van der Waals surface area contributed by atoms with Crippen LogP contribution in [0, 0.1) is 6.92 Å². The lowest BCUT2D eigenvalue weighted by Gasteiger charge is -2.19. The second-order valence-corrected chi connectivity index (χ2v) is 7.95. The molecule has 0 aliphatic carbocycles. The fourth-order valence-electron chi connectivity index (χ4n) is 2.43. The minimum absolute atomic E-state index is 0.105. The topological polar surface area (TPSA) is 106 Å². The molecule has 0 saturated heterocycles. The first-order valence-electron chi connectivity index (χ1n) is 9.97.